The monoisotopic (exact) mass is 536 g/mol. The first-order valence-electron chi connectivity index (χ1n) is 11.3. The Kier molecular flexibility index (Phi) is 8.77. The van der Waals surface area contributed by atoms with Crippen molar-refractivity contribution >= 4 is 29.9 Å². The third kappa shape index (κ3) is 6.00. The number of piperidine rings is 1. The van der Waals surface area contributed by atoms with Gasteiger partial charge in [0.2, 0.25) is 0 Å². The highest BCUT2D eigenvalue weighted by molar-refractivity contribution is 14.0. The van der Waals surface area contributed by atoms with E-state index in [-0.39, 0.29) is 24.0 Å². The molecular formula is C24H37IN6. The molecule has 0 bridgehead atoms. The second-order valence-electron chi connectivity index (χ2n) is 9.08. The van der Waals surface area contributed by atoms with E-state index in [1.807, 2.05) is 19.6 Å². The van der Waals surface area contributed by atoms with E-state index in [4.69, 9.17) is 0 Å². The summed E-state index contributed by atoms with van der Waals surface area (Å²) in [6.07, 6.45) is 8.33. The Bertz CT molecular complexity index is 809. The molecule has 2 fully saturated rings. The Balaban J connectivity index is 0.00000272. The molecule has 1 aromatic heterocycles. The minimum Gasteiger partial charge on any atom is -0.356 e. The maximum absolute atomic E-state index is 4.61. The Morgan fingerprint density at radius 1 is 1.19 bits per heavy atom. The van der Waals surface area contributed by atoms with Crippen molar-refractivity contribution in [2.45, 2.75) is 45.3 Å². The molecule has 4 rings (SSSR count). The van der Waals surface area contributed by atoms with Crippen LogP contribution in [0.25, 0.3) is 0 Å². The van der Waals surface area contributed by atoms with Crippen LogP contribution < -0.4 is 5.32 Å². The smallest absolute Gasteiger partial charge is 0.193 e. The van der Waals surface area contributed by atoms with Gasteiger partial charge in [0, 0.05) is 58.2 Å². The van der Waals surface area contributed by atoms with Gasteiger partial charge in [-0.3, -0.25) is 9.89 Å². The number of likely N-dealkylation sites (tertiary alicyclic amines) is 2. The highest BCUT2D eigenvalue weighted by Gasteiger charge is 2.31. The Labute approximate surface area is 204 Å². The maximum atomic E-state index is 4.61. The van der Waals surface area contributed by atoms with Gasteiger partial charge in [-0.15, -0.1) is 24.0 Å². The van der Waals surface area contributed by atoms with Gasteiger partial charge in [0.25, 0.3) is 0 Å². The van der Waals surface area contributed by atoms with E-state index in [1.54, 1.807) is 0 Å². The molecule has 1 N–H and O–H groups in total. The molecule has 7 heteroatoms. The first-order chi connectivity index (χ1) is 14.6. The molecule has 2 saturated heterocycles. The molecule has 0 saturated carbocycles. The SMILES string of the molecule is CN=C(NCC1CC(C)N(Cc2ccccc2)C1)N1CCC(C)C(n2ccnc2)C1.I. The summed E-state index contributed by atoms with van der Waals surface area (Å²) in [7, 11) is 1.91. The van der Waals surface area contributed by atoms with Crippen LogP contribution in [-0.2, 0) is 6.54 Å². The van der Waals surface area contributed by atoms with Crippen LogP contribution in [0.5, 0.6) is 0 Å². The van der Waals surface area contributed by atoms with Crippen molar-refractivity contribution in [2.75, 3.05) is 33.2 Å². The van der Waals surface area contributed by atoms with E-state index in [0.29, 0.717) is 23.9 Å². The molecule has 2 aliphatic heterocycles. The fraction of sp³-hybridized carbons (Fsp3) is 0.583. The van der Waals surface area contributed by atoms with E-state index >= 15 is 0 Å². The summed E-state index contributed by atoms with van der Waals surface area (Å²) in [5.41, 5.74) is 1.40. The number of aromatic nitrogens is 2. The highest BCUT2D eigenvalue weighted by atomic mass is 127. The van der Waals surface area contributed by atoms with Crippen LogP contribution in [0.3, 0.4) is 0 Å². The number of halogens is 1. The molecule has 0 aliphatic carbocycles. The van der Waals surface area contributed by atoms with Crippen LogP contribution >= 0.6 is 24.0 Å². The Morgan fingerprint density at radius 2 is 2.00 bits per heavy atom. The summed E-state index contributed by atoms with van der Waals surface area (Å²) < 4.78 is 2.25. The van der Waals surface area contributed by atoms with Crippen LogP contribution in [0.1, 0.15) is 38.3 Å². The number of rotatable bonds is 5. The van der Waals surface area contributed by atoms with Crippen molar-refractivity contribution in [1.29, 1.82) is 0 Å². The molecule has 2 aliphatic rings. The predicted molar refractivity (Wildman–Crippen MR) is 138 cm³/mol. The van der Waals surface area contributed by atoms with Crippen LogP contribution in [0, 0.1) is 11.8 Å². The molecule has 31 heavy (non-hydrogen) atoms. The molecule has 0 spiro atoms. The van der Waals surface area contributed by atoms with Gasteiger partial charge in [-0.05, 0) is 37.2 Å². The second kappa shape index (κ2) is 11.3. The number of nitrogens with one attached hydrogen (secondary N) is 1. The Morgan fingerprint density at radius 3 is 2.71 bits per heavy atom. The molecule has 2 aromatic rings. The summed E-state index contributed by atoms with van der Waals surface area (Å²) in [5.74, 6) is 2.35. The number of imidazole rings is 1. The number of nitrogens with zero attached hydrogens (tertiary/aromatic N) is 5. The average molecular weight is 537 g/mol. The van der Waals surface area contributed by atoms with E-state index in [1.165, 1.54) is 18.4 Å². The van der Waals surface area contributed by atoms with Gasteiger partial charge in [-0.1, -0.05) is 37.3 Å². The van der Waals surface area contributed by atoms with Crippen molar-refractivity contribution in [1.82, 2.24) is 24.7 Å². The zero-order valence-electron chi connectivity index (χ0n) is 19.0. The molecule has 1 aromatic carbocycles. The quantitative estimate of drug-likeness (QED) is 0.358. The third-order valence-corrected chi connectivity index (χ3v) is 6.91. The molecule has 0 amide bonds. The van der Waals surface area contributed by atoms with Gasteiger partial charge in [-0.2, -0.15) is 0 Å². The van der Waals surface area contributed by atoms with Gasteiger partial charge in [0.1, 0.15) is 0 Å². The average Bonchev–Trinajstić information content (AvgIpc) is 3.41. The van der Waals surface area contributed by atoms with Crippen LogP contribution in [0.15, 0.2) is 54.0 Å². The van der Waals surface area contributed by atoms with E-state index in [2.05, 4.69) is 80.0 Å². The summed E-state index contributed by atoms with van der Waals surface area (Å²) in [4.78, 5) is 13.9. The van der Waals surface area contributed by atoms with Crippen molar-refractivity contribution in [2.24, 2.45) is 16.8 Å². The lowest BCUT2D eigenvalue weighted by molar-refractivity contribution is 0.188. The van der Waals surface area contributed by atoms with E-state index < -0.39 is 0 Å². The number of aliphatic imine (C=N–C) groups is 1. The zero-order valence-corrected chi connectivity index (χ0v) is 21.4. The topological polar surface area (TPSA) is 48.7 Å². The molecular weight excluding hydrogens is 499 g/mol. The van der Waals surface area contributed by atoms with E-state index in [9.17, 15) is 0 Å². The molecule has 3 heterocycles. The van der Waals surface area contributed by atoms with Gasteiger partial charge in [-0.25, -0.2) is 4.98 Å². The minimum atomic E-state index is 0. The predicted octanol–water partition coefficient (Wildman–Crippen LogP) is 3.87. The highest BCUT2D eigenvalue weighted by Crippen LogP contribution is 2.28. The van der Waals surface area contributed by atoms with Crippen LogP contribution in [0.4, 0.5) is 0 Å². The Hall–Kier alpha value is -1.61. The minimum absolute atomic E-state index is 0. The summed E-state index contributed by atoms with van der Waals surface area (Å²) in [5, 5.41) is 3.69. The largest absolute Gasteiger partial charge is 0.356 e. The van der Waals surface area contributed by atoms with Gasteiger partial charge >= 0.3 is 0 Å². The normalized spacial score (nSPS) is 27.2. The summed E-state index contributed by atoms with van der Waals surface area (Å²) >= 11 is 0. The lowest BCUT2D eigenvalue weighted by Gasteiger charge is -2.39. The fourth-order valence-corrected chi connectivity index (χ4v) is 5.07. The van der Waals surface area contributed by atoms with Gasteiger partial charge in [0.05, 0.1) is 12.4 Å². The van der Waals surface area contributed by atoms with Gasteiger partial charge in [0.15, 0.2) is 5.96 Å². The lowest BCUT2D eigenvalue weighted by Crippen LogP contribution is -2.49. The number of hydrogen-bond acceptors (Lipinski definition) is 3. The zero-order chi connectivity index (χ0) is 20.9. The summed E-state index contributed by atoms with van der Waals surface area (Å²) in [6, 6.07) is 11.9. The molecule has 170 valence electrons. The van der Waals surface area contributed by atoms with Gasteiger partial charge < -0.3 is 14.8 Å². The first kappa shape index (κ1) is 24.0. The van der Waals surface area contributed by atoms with Crippen molar-refractivity contribution in [3.8, 4) is 0 Å². The van der Waals surface area contributed by atoms with E-state index in [0.717, 1.165) is 38.7 Å². The fourth-order valence-electron chi connectivity index (χ4n) is 5.07. The first-order valence-corrected chi connectivity index (χ1v) is 11.3. The third-order valence-electron chi connectivity index (χ3n) is 6.91. The van der Waals surface area contributed by atoms with Crippen molar-refractivity contribution in [3.63, 3.8) is 0 Å². The summed E-state index contributed by atoms with van der Waals surface area (Å²) in [6.45, 7) is 9.94. The number of guanidine groups is 1. The number of benzene rings is 1. The van der Waals surface area contributed by atoms with Crippen LogP contribution in [-0.4, -0.2) is 64.6 Å². The molecule has 4 atom stereocenters. The maximum Gasteiger partial charge on any atom is 0.193 e. The standard InChI is InChI=1S/C24H36N6.HI/c1-19-9-11-28(17-23(19)29-12-10-26-18-29)24(25-3)27-14-22-13-20(2)30(16-22)15-21-7-5-4-6-8-21;/h4-8,10,12,18-20,22-23H,9,11,13-17H2,1-3H3,(H,25,27);1H. The molecule has 0 radical (unpaired) electrons. The molecule has 6 nitrogen and oxygen atoms in total. The van der Waals surface area contributed by atoms with Crippen molar-refractivity contribution in [3.05, 3.63) is 54.6 Å². The van der Waals surface area contributed by atoms with Crippen molar-refractivity contribution < 1.29 is 0 Å². The lowest BCUT2D eigenvalue weighted by atomic mass is 9.93. The molecule has 4 unspecified atom stereocenters. The second-order valence-corrected chi connectivity index (χ2v) is 9.08. The van der Waals surface area contributed by atoms with Crippen LogP contribution in [0.2, 0.25) is 0 Å². The number of hydrogen-bond donors (Lipinski definition) is 1.